The van der Waals surface area contributed by atoms with Gasteiger partial charge in [0.05, 0.1) is 5.69 Å². The van der Waals surface area contributed by atoms with Crippen LogP contribution in [0.3, 0.4) is 0 Å². The summed E-state index contributed by atoms with van der Waals surface area (Å²) in [7, 11) is 0. The van der Waals surface area contributed by atoms with Crippen LogP contribution in [0, 0.1) is 12.8 Å². The van der Waals surface area contributed by atoms with Crippen molar-refractivity contribution in [2.45, 2.75) is 33.1 Å². The van der Waals surface area contributed by atoms with E-state index in [4.69, 9.17) is 0 Å². The smallest absolute Gasteiger partial charge is 0.277 e. The molecule has 2 amide bonds. The summed E-state index contributed by atoms with van der Waals surface area (Å²) in [5.74, 6) is -0.0455. The van der Waals surface area contributed by atoms with Crippen LogP contribution in [0.15, 0.2) is 23.0 Å². The third-order valence-corrected chi connectivity index (χ3v) is 4.75. The van der Waals surface area contributed by atoms with Gasteiger partial charge in [-0.15, -0.1) is 0 Å². The zero-order valence-electron chi connectivity index (χ0n) is 15.7. The van der Waals surface area contributed by atoms with Crippen LogP contribution in [0.1, 0.15) is 52.0 Å². The lowest BCUT2D eigenvalue weighted by atomic mass is 9.95. The Morgan fingerprint density at radius 1 is 1.33 bits per heavy atom. The summed E-state index contributed by atoms with van der Waals surface area (Å²) in [4.78, 5) is 41.0. The summed E-state index contributed by atoms with van der Waals surface area (Å²) < 4.78 is 0. The Morgan fingerprint density at radius 3 is 2.85 bits per heavy atom. The minimum absolute atomic E-state index is 0.108. The van der Waals surface area contributed by atoms with Crippen LogP contribution in [0.4, 0.5) is 0 Å². The van der Waals surface area contributed by atoms with Crippen molar-refractivity contribution in [3.05, 3.63) is 51.2 Å². The Kier molecular flexibility index (Phi) is 5.73. The second-order valence-electron chi connectivity index (χ2n) is 7.02. The van der Waals surface area contributed by atoms with Crippen LogP contribution in [-0.4, -0.2) is 51.5 Å². The molecule has 3 N–H and O–H groups in total. The Bertz CT molecular complexity index is 879. The fourth-order valence-corrected chi connectivity index (χ4v) is 3.23. The van der Waals surface area contributed by atoms with E-state index in [0.717, 1.165) is 25.0 Å². The summed E-state index contributed by atoms with van der Waals surface area (Å²) in [6.45, 7) is 5.57. The summed E-state index contributed by atoms with van der Waals surface area (Å²) >= 11 is 0. The molecule has 3 rings (SSSR count). The maximum Gasteiger partial charge on any atom is 0.277 e. The largest absolute Gasteiger partial charge is 0.354 e. The van der Waals surface area contributed by atoms with Gasteiger partial charge in [0.15, 0.2) is 0 Å². The van der Waals surface area contributed by atoms with E-state index in [0.29, 0.717) is 36.9 Å². The van der Waals surface area contributed by atoms with Crippen molar-refractivity contribution in [3.63, 3.8) is 0 Å². The van der Waals surface area contributed by atoms with Crippen LogP contribution in [-0.2, 0) is 6.42 Å². The number of aromatic nitrogens is 3. The molecule has 0 spiro atoms. The highest BCUT2D eigenvalue weighted by molar-refractivity contribution is 5.94. The second-order valence-corrected chi connectivity index (χ2v) is 7.02. The van der Waals surface area contributed by atoms with Gasteiger partial charge in [0, 0.05) is 25.3 Å². The topological polar surface area (TPSA) is 111 Å². The van der Waals surface area contributed by atoms with E-state index in [9.17, 15) is 14.4 Å². The van der Waals surface area contributed by atoms with Crippen molar-refractivity contribution in [3.8, 4) is 0 Å². The molecular formula is C19H25N5O3. The van der Waals surface area contributed by atoms with Crippen LogP contribution in [0.25, 0.3) is 0 Å². The van der Waals surface area contributed by atoms with E-state index < -0.39 is 5.56 Å². The van der Waals surface area contributed by atoms with Crippen molar-refractivity contribution < 1.29 is 9.59 Å². The number of rotatable bonds is 7. The van der Waals surface area contributed by atoms with Gasteiger partial charge in [0.25, 0.3) is 17.4 Å². The monoisotopic (exact) mass is 371 g/mol. The third-order valence-electron chi connectivity index (χ3n) is 4.75. The number of nitrogens with one attached hydrogen (secondary N) is 3. The molecule has 1 aliphatic heterocycles. The number of hydrogen-bond acceptors (Lipinski definition) is 4. The van der Waals surface area contributed by atoms with Gasteiger partial charge in [-0.05, 0) is 43.9 Å². The zero-order valence-corrected chi connectivity index (χ0v) is 15.7. The molecule has 0 unspecified atom stereocenters. The number of nitrogens with zero attached hydrogens (tertiary/aromatic N) is 2. The molecule has 0 aromatic carbocycles. The molecule has 2 aromatic rings. The normalized spacial score (nSPS) is 14.1. The maximum atomic E-state index is 12.4. The second kappa shape index (κ2) is 8.20. The molecule has 27 heavy (non-hydrogen) atoms. The predicted octanol–water partition coefficient (Wildman–Crippen LogP) is 1.25. The zero-order chi connectivity index (χ0) is 19.4. The van der Waals surface area contributed by atoms with Gasteiger partial charge in [-0.25, -0.2) is 5.10 Å². The maximum absolute atomic E-state index is 12.4. The van der Waals surface area contributed by atoms with Crippen LogP contribution in [0.5, 0.6) is 0 Å². The third kappa shape index (κ3) is 4.45. The number of carbonyl (C=O) groups is 2. The molecule has 0 atom stereocenters. The van der Waals surface area contributed by atoms with E-state index in [2.05, 4.69) is 27.4 Å². The minimum atomic E-state index is -0.463. The Hall–Kier alpha value is -2.90. The van der Waals surface area contributed by atoms with E-state index in [1.165, 1.54) is 6.07 Å². The number of amides is 2. The van der Waals surface area contributed by atoms with Crippen molar-refractivity contribution >= 4 is 11.8 Å². The lowest BCUT2D eigenvalue weighted by molar-refractivity contribution is 0.0481. The van der Waals surface area contributed by atoms with Gasteiger partial charge in [-0.1, -0.05) is 13.3 Å². The highest BCUT2D eigenvalue weighted by atomic mass is 16.2. The quantitative estimate of drug-likeness (QED) is 0.680. The first-order valence-corrected chi connectivity index (χ1v) is 9.29. The summed E-state index contributed by atoms with van der Waals surface area (Å²) in [5.41, 5.74) is 1.91. The number of aryl methyl sites for hydroxylation is 2. The van der Waals surface area contributed by atoms with Gasteiger partial charge in [0.1, 0.15) is 11.3 Å². The standard InChI is InChI=1S/C19H25N5O3/c1-3-4-14-5-6-16(21-14)18(26)20-8-7-13-10-24(11-13)19(27)15-9-12(2)22-23-17(15)25/h5-6,9,13,21H,3-4,7-8,10-11H2,1-2H3,(H,20,26)(H,23,25). The van der Waals surface area contributed by atoms with Crippen molar-refractivity contribution in [2.75, 3.05) is 19.6 Å². The highest BCUT2D eigenvalue weighted by Crippen LogP contribution is 2.20. The van der Waals surface area contributed by atoms with Gasteiger partial charge in [0.2, 0.25) is 0 Å². The van der Waals surface area contributed by atoms with E-state index in [1.807, 2.05) is 6.07 Å². The Labute approximate surface area is 157 Å². The van der Waals surface area contributed by atoms with Crippen LogP contribution in [0.2, 0.25) is 0 Å². The lowest BCUT2D eigenvalue weighted by Gasteiger charge is -2.39. The summed E-state index contributed by atoms with van der Waals surface area (Å²) in [6, 6.07) is 5.26. The van der Waals surface area contributed by atoms with Gasteiger partial charge in [-0.2, -0.15) is 5.10 Å². The number of aromatic amines is 2. The average molecular weight is 371 g/mol. The Morgan fingerprint density at radius 2 is 2.11 bits per heavy atom. The lowest BCUT2D eigenvalue weighted by Crippen LogP contribution is -2.51. The number of likely N-dealkylation sites (tertiary alicyclic amines) is 1. The first-order chi connectivity index (χ1) is 13.0. The molecule has 0 saturated carbocycles. The molecule has 2 aromatic heterocycles. The number of H-pyrrole nitrogens is 2. The molecule has 0 aliphatic carbocycles. The molecule has 0 bridgehead atoms. The number of hydrogen-bond donors (Lipinski definition) is 3. The molecule has 3 heterocycles. The van der Waals surface area contributed by atoms with Crippen molar-refractivity contribution in [2.24, 2.45) is 5.92 Å². The molecule has 1 saturated heterocycles. The predicted molar refractivity (Wildman–Crippen MR) is 101 cm³/mol. The fourth-order valence-electron chi connectivity index (χ4n) is 3.23. The fraction of sp³-hybridized carbons (Fsp3) is 0.474. The molecule has 1 fully saturated rings. The molecule has 0 radical (unpaired) electrons. The van der Waals surface area contributed by atoms with E-state index in [1.54, 1.807) is 17.9 Å². The summed E-state index contributed by atoms with van der Waals surface area (Å²) in [6.07, 6.45) is 2.76. The SMILES string of the molecule is CCCc1ccc(C(=O)NCCC2CN(C(=O)c3cc(C)n[nH]c3=O)C2)[nH]1. The highest BCUT2D eigenvalue weighted by Gasteiger charge is 2.32. The van der Waals surface area contributed by atoms with Gasteiger partial charge in [-0.3, -0.25) is 14.4 Å². The van der Waals surface area contributed by atoms with E-state index in [-0.39, 0.29) is 17.4 Å². The molecule has 8 heteroatoms. The Balaban J connectivity index is 1.41. The van der Waals surface area contributed by atoms with Crippen LogP contribution >= 0.6 is 0 Å². The van der Waals surface area contributed by atoms with Gasteiger partial charge < -0.3 is 15.2 Å². The average Bonchev–Trinajstić information content (AvgIpc) is 3.07. The molecule has 144 valence electrons. The molecule has 1 aliphatic rings. The van der Waals surface area contributed by atoms with Crippen molar-refractivity contribution in [1.29, 1.82) is 0 Å². The van der Waals surface area contributed by atoms with Gasteiger partial charge >= 0.3 is 0 Å². The summed E-state index contributed by atoms with van der Waals surface area (Å²) in [5, 5.41) is 9.02. The van der Waals surface area contributed by atoms with E-state index >= 15 is 0 Å². The number of carbonyl (C=O) groups excluding carboxylic acids is 2. The minimum Gasteiger partial charge on any atom is -0.354 e. The molecular weight excluding hydrogens is 346 g/mol. The first kappa shape index (κ1) is 18.9. The first-order valence-electron chi connectivity index (χ1n) is 9.29. The van der Waals surface area contributed by atoms with Crippen molar-refractivity contribution in [1.82, 2.24) is 25.4 Å². The van der Waals surface area contributed by atoms with Crippen LogP contribution < -0.4 is 10.9 Å². The molecule has 8 nitrogen and oxygen atoms in total.